The molecule has 2 N–H and O–H groups in total. The summed E-state index contributed by atoms with van der Waals surface area (Å²) in [6.45, 7) is 6.81. The quantitative estimate of drug-likeness (QED) is 0.895. The van der Waals surface area contributed by atoms with Crippen molar-refractivity contribution in [3.8, 4) is 0 Å². The van der Waals surface area contributed by atoms with Crippen molar-refractivity contribution in [2.75, 3.05) is 20.1 Å². The minimum Gasteiger partial charge on any atom is -0.330 e. The summed E-state index contributed by atoms with van der Waals surface area (Å²) in [5.74, 6) is 0. The maximum atomic E-state index is 5.99. The molecule has 0 spiro atoms. The molecule has 0 fully saturated rings. The molecule has 2 nitrogen and oxygen atoms in total. The Kier molecular flexibility index (Phi) is 7.57. The predicted octanol–water partition coefficient (Wildman–Crippen LogP) is 3.83. The summed E-state index contributed by atoms with van der Waals surface area (Å²) in [5.41, 5.74) is 7.02. The number of benzene rings is 1. The second-order valence-corrected chi connectivity index (χ2v) is 6.10. The van der Waals surface area contributed by atoms with Crippen molar-refractivity contribution in [1.29, 1.82) is 0 Å². The van der Waals surface area contributed by atoms with Crippen molar-refractivity contribution >= 4 is 35.6 Å². The Hall–Kier alpha value is 0.01000. The van der Waals surface area contributed by atoms with Crippen molar-refractivity contribution < 1.29 is 0 Å². The Bertz CT molecular complexity index is 380. The molecule has 0 aliphatic heterocycles. The summed E-state index contributed by atoms with van der Waals surface area (Å²) in [6.07, 6.45) is 0. The smallest absolute Gasteiger partial charge is 0.0595 e. The van der Waals surface area contributed by atoms with Gasteiger partial charge in [-0.2, -0.15) is 0 Å². The van der Waals surface area contributed by atoms with E-state index in [0.717, 1.165) is 18.7 Å². The van der Waals surface area contributed by atoms with Crippen LogP contribution in [0.1, 0.15) is 19.4 Å². The highest BCUT2D eigenvalue weighted by molar-refractivity contribution is 6.42. The van der Waals surface area contributed by atoms with Crippen LogP contribution in [0.15, 0.2) is 18.2 Å². The zero-order valence-electron chi connectivity index (χ0n) is 11.0. The van der Waals surface area contributed by atoms with Gasteiger partial charge in [-0.3, -0.25) is 0 Å². The fourth-order valence-corrected chi connectivity index (χ4v) is 2.12. The van der Waals surface area contributed by atoms with Gasteiger partial charge >= 0.3 is 0 Å². The lowest BCUT2D eigenvalue weighted by Crippen LogP contribution is -2.36. The van der Waals surface area contributed by atoms with E-state index in [9.17, 15) is 0 Å². The molecule has 5 heteroatoms. The van der Waals surface area contributed by atoms with E-state index in [4.69, 9.17) is 28.9 Å². The molecule has 0 aliphatic carbocycles. The molecule has 0 aliphatic rings. The Morgan fingerprint density at radius 1 is 1.22 bits per heavy atom. The Morgan fingerprint density at radius 3 is 2.33 bits per heavy atom. The Balaban J connectivity index is 0.00000289. The lowest BCUT2D eigenvalue weighted by Gasteiger charge is -2.29. The molecule has 0 radical (unpaired) electrons. The fourth-order valence-electron chi connectivity index (χ4n) is 1.80. The van der Waals surface area contributed by atoms with Gasteiger partial charge in [-0.25, -0.2) is 0 Å². The van der Waals surface area contributed by atoms with E-state index >= 15 is 0 Å². The van der Waals surface area contributed by atoms with Gasteiger partial charge in [0.05, 0.1) is 10.0 Å². The van der Waals surface area contributed by atoms with Crippen LogP contribution >= 0.6 is 35.6 Å². The van der Waals surface area contributed by atoms with Crippen molar-refractivity contribution in [2.45, 2.75) is 20.4 Å². The van der Waals surface area contributed by atoms with E-state index in [1.54, 1.807) is 0 Å². The molecule has 1 aromatic carbocycles. The van der Waals surface area contributed by atoms with Crippen LogP contribution < -0.4 is 5.73 Å². The molecule has 1 rings (SSSR count). The number of rotatable bonds is 5. The monoisotopic (exact) mass is 310 g/mol. The zero-order chi connectivity index (χ0) is 13.1. The van der Waals surface area contributed by atoms with Gasteiger partial charge in [0.25, 0.3) is 0 Å². The molecule has 18 heavy (non-hydrogen) atoms. The summed E-state index contributed by atoms with van der Waals surface area (Å²) >= 11 is 11.9. The van der Waals surface area contributed by atoms with Crippen LogP contribution in [0, 0.1) is 5.41 Å². The highest BCUT2D eigenvalue weighted by Crippen LogP contribution is 2.23. The van der Waals surface area contributed by atoms with Crippen LogP contribution in [0.3, 0.4) is 0 Å². The molecule has 0 amide bonds. The first kappa shape index (κ1) is 18.0. The highest BCUT2D eigenvalue weighted by Gasteiger charge is 2.18. The van der Waals surface area contributed by atoms with E-state index in [-0.39, 0.29) is 17.8 Å². The second-order valence-electron chi connectivity index (χ2n) is 5.29. The van der Waals surface area contributed by atoms with Crippen molar-refractivity contribution in [3.05, 3.63) is 33.8 Å². The SMILES string of the molecule is CN(Cc1ccc(Cl)c(Cl)c1)CC(C)(C)CN.Cl. The molecule has 0 saturated carbocycles. The number of nitrogens with zero attached hydrogens (tertiary/aromatic N) is 1. The number of hydrogen-bond acceptors (Lipinski definition) is 2. The minimum absolute atomic E-state index is 0. The fraction of sp³-hybridized carbons (Fsp3) is 0.538. The predicted molar refractivity (Wildman–Crippen MR) is 82.9 cm³/mol. The van der Waals surface area contributed by atoms with Crippen LogP contribution in [0.2, 0.25) is 10.0 Å². The third-order valence-corrected chi connectivity index (χ3v) is 3.43. The van der Waals surface area contributed by atoms with Gasteiger partial charge in [-0.15, -0.1) is 12.4 Å². The summed E-state index contributed by atoms with van der Waals surface area (Å²) in [7, 11) is 2.08. The molecule has 1 aromatic rings. The molecule has 0 unspecified atom stereocenters. The van der Waals surface area contributed by atoms with E-state index in [1.165, 1.54) is 0 Å². The number of halogens is 3. The molecule has 0 heterocycles. The average molecular weight is 312 g/mol. The van der Waals surface area contributed by atoms with Crippen LogP contribution in [0.5, 0.6) is 0 Å². The van der Waals surface area contributed by atoms with Gasteiger partial charge < -0.3 is 10.6 Å². The van der Waals surface area contributed by atoms with Crippen molar-refractivity contribution in [2.24, 2.45) is 11.1 Å². The van der Waals surface area contributed by atoms with E-state index in [1.807, 2.05) is 18.2 Å². The number of nitrogens with two attached hydrogens (primary N) is 1. The lowest BCUT2D eigenvalue weighted by molar-refractivity contribution is 0.210. The van der Waals surface area contributed by atoms with E-state index < -0.39 is 0 Å². The summed E-state index contributed by atoms with van der Waals surface area (Å²) < 4.78 is 0. The minimum atomic E-state index is 0. The third-order valence-electron chi connectivity index (χ3n) is 2.69. The molecule has 0 aromatic heterocycles. The van der Waals surface area contributed by atoms with E-state index in [0.29, 0.717) is 16.6 Å². The normalized spacial score (nSPS) is 11.5. The maximum absolute atomic E-state index is 5.99. The molecule has 0 bridgehead atoms. The Morgan fingerprint density at radius 2 is 1.83 bits per heavy atom. The molecule has 104 valence electrons. The van der Waals surface area contributed by atoms with Gasteiger partial charge in [-0.1, -0.05) is 43.1 Å². The molecular weight excluding hydrogens is 291 g/mol. The van der Waals surface area contributed by atoms with Gasteiger partial charge in [0.1, 0.15) is 0 Å². The highest BCUT2D eigenvalue weighted by atomic mass is 35.5. The lowest BCUT2D eigenvalue weighted by atomic mass is 9.93. The van der Waals surface area contributed by atoms with E-state index in [2.05, 4.69) is 25.8 Å². The summed E-state index contributed by atoms with van der Waals surface area (Å²) in [6, 6.07) is 5.75. The van der Waals surface area contributed by atoms with Crippen molar-refractivity contribution in [3.63, 3.8) is 0 Å². The first-order chi connectivity index (χ1) is 7.84. The standard InChI is InChI=1S/C13H20Cl2N2.ClH/c1-13(2,8-16)9-17(3)7-10-4-5-11(14)12(15)6-10;/h4-6H,7-9,16H2,1-3H3;1H. The zero-order valence-corrected chi connectivity index (χ0v) is 13.4. The van der Waals surface area contributed by atoms with Gasteiger partial charge in [0.2, 0.25) is 0 Å². The first-order valence-electron chi connectivity index (χ1n) is 5.66. The topological polar surface area (TPSA) is 29.3 Å². The van der Waals surface area contributed by atoms with Crippen molar-refractivity contribution in [1.82, 2.24) is 4.90 Å². The molecular formula is C13H21Cl3N2. The van der Waals surface area contributed by atoms with Gasteiger partial charge in [-0.05, 0) is 36.7 Å². The van der Waals surface area contributed by atoms with Gasteiger partial charge in [0.15, 0.2) is 0 Å². The van der Waals surface area contributed by atoms with Crippen LogP contribution in [-0.2, 0) is 6.54 Å². The average Bonchev–Trinajstić information content (AvgIpc) is 2.23. The third kappa shape index (κ3) is 5.77. The van der Waals surface area contributed by atoms with Gasteiger partial charge in [0, 0.05) is 13.1 Å². The van der Waals surface area contributed by atoms with Crippen LogP contribution in [0.25, 0.3) is 0 Å². The van der Waals surface area contributed by atoms with Crippen LogP contribution in [0.4, 0.5) is 0 Å². The van der Waals surface area contributed by atoms with Crippen LogP contribution in [-0.4, -0.2) is 25.0 Å². The first-order valence-corrected chi connectivity index (χ1v) is 6.42. The second kappa shape index (κ2) is 7.56. The molecule has 0 atom stereocenters. The largest absolute Gasteiger partial charge is 0.330 e. The maximum Gasteiger partial charge on any atom is 0.0595 e. The molecule has 0 saturated heterocycles. The Labute approximate surface area is 126 Å². The summed E-state index contributed by atoms with van der Waals surface area (Å²) in [4.78, 5) is 2.24. The summed E-state index contributed by atoms with van der Waals surface area (Å²) in [5, 5.41) is 1.20. The number of hydrogen-bond donors (Lipinski definition) is 1.